The highest BCUT2D eigenvalue weighted by molar-refractivity contribution is 7.90. The van der Waals surface area contributed by atoms with Crippen LogP contribution < -0.4 is 10.1 Å². The maximum Gasteiger partial charge on any atom is 0.179 e. The van der Waals surface area contributed by atoms with Crippen LogP contribution in [0.2, 0.25) is 0 Å². The Labute approximate surface area is 136 Å². The molecule has 23 heavy (non-hydrogen) atoms. The summed E-state index contributed by atoms with van der Waals surface area (Å²) in [7, 11) is -1.92. The van der Waals surface area contributed by atoms with Gasteiger partial charge in [-0.25, -0.2) is 12.8 Å². The van der Waals surface area contributed by atoms with E-state index in [1.807, 2.05) is 6.92 Å². The number of halogens is 1. The van der Waals surface area contributed by atoms with Gasteiger partial charge in [-0.05, 0) is 49.2 Å². The number of rotatable bonds is 5. The van der Waals surface area contributed by atoms with E-state index in [1.165, 1.54) is 19.2 Å². The summed E-state index contributed by atoms with van der Waals surface area (Å²) in [6.07, 6.45) is 1.14. The smallest absolute Gasteiger partial charge is 0.179 e. The van der Waals surface area contributed by atoms with Gasteiger partial charge in [-0.15, -0.1) is 0 Å². The van der Waals surface area contributed by atoms with E-state index in [9.17, 15) is 12.8 Å². The van der Waals surface area contributed by atoms with Gasteiger partial charge in [0.05, 0.1) is 7.11 Å². The maximum atomic E-state index is 13.6. The summed E-state index contributed by atoms with van der Waals surface area (Å²) < 4.78 is 42.2. The summed E-state index contributed by atoms with van der Waals surface area (Å²) >= 11 is 0. The van der Waals surface area contributed by atoms with Crippen LogP contribution in [0.3, 0.4) is 0 Å². The number of aryl methyl sites for hydroxylation is 1. The van der Waals surface area contributed by atoms with E-state index in [2.05, 4.69) is 5.32 Å². The summed E-state index contributed by atoms with van der Waals surface area (Å²) in [5.41, 5.74) is 2.09. The number of sulfone groups is 1. The number of anilines is 1. The summed E-state index contributed by atoms with van der Waals surface area (Å²) in [6, 6.07) is 9.74. The molecule has 0 aliphatic carbocycles. The van der Waals surface area contributed by atoms with E-state index in [1.54, 1.807) is 31.2 Å². The van der Waals surface area contributed by atoms with Crippen molar-refractivity contribution in [3.8, 4) is 5.75 Å². The number of nitrogens with one attached hydrogen (secondary N) is 1. The van der Waals surface area contributed by atoms with Gasteiger partial charge in [-0.2, -0.15) is 0 Å². The molecule has 0 unspecified atom stereocenters. The Morgan fingerprint density at radius 2 is 1.87 bits per heavy atom. The minimum atomic E-state index is -3.35. The van der Waals surface area contributed by atoms with Crippen molar-refractivity contribution in [1.82, 2.24) is 0 Å². The second-order valence-electron chi connectivity index (χ2n) is 5.51. The Bertz CT molecular complexity index is 819. The van der Waals surface area contributed by atoms with E-state index in [-0.39, 0.29) is 16.8 Å². The normalized spacial score (nSPS) is 12.7. The molecule has 0 aliphatic heterocycles. The highest BCUT2D eigenvalue weighted by Crippen LogP contribution is 2.29. The quantitative estimate of drug-likeness (QED) is 0.903. The fourth-order valence-electron chi connectivity index (χ4n) is 2.28. The predicted octanol–water partition coefficient (Wildman–Crippen LogP) is 3.72. The highest BCUT2D eigenvalue weighted by atomic mass is 32.2. The highest BCUT2D eigenvalue weighted by Gasteiger charge is 2.16. The third-order valence-electron chi connectivity index (χ3n) is 3.64. The Balaban J connectivity index is 2.29. The summed E-state index contributed by atoms with van der Waals surface area (Å²) in [4.78, 5) is 0.150. The molecule has 0 heterocycles. The molecule has 2 aromatic rings. The molecule has 124 valence electrons. The molecule has 0 saturated carbocycles. The average molecular weight is 337 g/mol. The van der Waals surface area contributed by atoms with Crippen molar-refractivity contribution in [3.05, 3.63) is 53.3 Å². The first kappa shape index (κ1) is 17.3. The topological polar surface area (TPSA) is 55.4 Å². The van der Waals surface area contributed by atoms with E-state index >= 15 is 0 Å². The predicted molar refractivity (Wildman–Crippen MR) is 89.3 cm³/mol. The number of benzene rings is 2. The van der Waals surface area contributed by atoms with Crippen LogP contribution in [0, 0.1) is 12.7 Å². The average Bonchev–Trinajstić information content (AvgIpc) is 2.49. The van der Waals surface area contributed by atoms with Crippen LogP contribution in [0.4, 0.5) is 10.1 Å². The van der Waals surface area contributed by atoms with Crippen LogP contribution in [0.1, 0.15) is 24.1 Å². The maximum absolute atomic E-state index is 13.6. The molecule has 6 heteroatoms. The minimum Gasteiger partial charge on any atom is -0.495 e. The molecule has 0 fully saturated rings. The fourth-order valence-corrected chi connectivity index (χ4v) is 3.10. The first-order valence-electron chi connectivity index (χ1n) is 7.13. The molecule has 0 bridgehead atoms. The van der Waals surface area contributed by atoms with Crippen molar-refractivity contribution < 1.29 is 17.5 Å². The molecular weight excluding hydrogens is 317 g/mol. The molecule has 2 rings (SSSR count). The van der Waals surface area contributed by atoms with Crippen LogP contribution >= 0.6 is 0 Å². The van der Waals surface area contributed by atoms with Crippen LogP contribution in [0.15, 0.2) is 41.3 Å². The molecule has 0 radical (unpaired) electrons. The molecule has 2 aromatic carbocycles. The number of methoxy groups -OCH3 is 1. The number of hydrogen-bond acceptors (Lipinski definition) is 4. The molecule has 4 nitrogen and oxygen atoms in total. The van der Waals surface area contributed by atoms with Gasteiger partial charge in [-0.3, -0.25) is 0 Å². The Morgan fingerprint density at radius 1 is 1.17 bits per heavy atom. The van der Waals surface area contributed by atoms with Crippen molar-refractivity contribution in [3.63, 3.8) is 0 Å². The third-order valence-corrected chi connectivity index (χ3v) is 4.78. The van der Waals surface area contributed by atoms with E-state index < -0.39 is 9.84 Å². The summed E-state index contributed by atoms with van der Waals surface area (Å²) in [6.45, 7) is 3.62. The SMILES string of the molecule is COc1cc([C@H](C)Nc2ccc(C)c(F)c2)ccc1S(C)(=O)=O. The summed E-state index contributed by atoms with van der Waals surface area (Å²) in [5.74, 6) is 0.0286. The van der Waals surface area contributed by atoms with Crippen LogP contribution in [0.25, 0.3) is 0 Å². The Morgan fingerprint density at radius 3 is 2.43 bits per heavy atom. The molecule has 1 N–H and O–H groups in total. The fraction of sp³-hybridized carbons (Fsp3) is 0.294. The van der Waals surface area contributed by atoms with Gasteiger partial charge in [0.2, 0.25) is 0 Å². The number of hydrogen-bond donors (Lipinski definition) is 1. The molecule has 0 saturated heterocycles. The zero-order valence-electron chi connectivity index (χ0n) is 13.6. The lowest BCUT2D eigenvalue weighted by molar-refractivity contribution is 0.402. The van der Waals surface area contributed by atoms with Gasteiger partial charge in [0.15, 0.2) is 9.84 Å². The van der Waals surface area contributed by atoms with Gasteiger partial charge >= 0.3 is 0 Å². The lowest BCUT2D eigenvalue weighted by Crippen LogP contribution is -2.08. The molecule has 0 amide bonds. The van der Waals surface area contributed by atoms with Crippen molar-refractivity contribution in [2.24, 2.45) is 0 Å². The standard InChI is InChI=1S/C17H20FNO3S/c1-11-5-7-14(10-15(11)18)19-12(2)13-6-8-17(23(4,20)21)16(9-13)22-3/h5-10,12,19H,1-4H3/t12-/m0/s1. The van der Waals surface area contributed by atoms with Crippen molar-refractivity contribution in [2.75, 3.05) is 18.7 Å². The van der Waals surface area contributed by atoms with Gasteiger partial charge in [0, 0.05) is 18.0 Å². The Hall–Kier alpha value is -2.08. The second-order valence-corrected chi connectivity index (χ2v) is 7.50. The third kappa shape index (κ3) is 4.01. The lowest BCUT2D eigenvalue weighted by Gasteiger charge is -2.18. The van der Waals surface area contributed by atoms with Crippen LogP contribution in [-0.2, 0) is 9.84 Å². The monoisotopic (exact) mass is 337 g/mol. The molecule has 0 aromatic heterocycles. The first-order chi connectivity index (χ1) is 10.7. The van der Waals surface area contributed by atoms with Gasteiger partial charge in [0.25, 0.3) is 0 Å². The van der Waals surface area contributed by atoms with E-state index in [0.717, 1.165) is 11.8 Å². The molecule has 0 aliphatic rings. The van der Waals surface area contributed by atoms with Crippen LogP contribution in [0.5, 0.6) is 5.75 Å². The van der Waals surface area contributed by atoms with Crippen LogP contribution in [-0.4, -0.2) is 21.8 Å². The minimum absolute atomic E-state index is 0.139. The molecular formula is C17H20FNO3S. The zero-order chi connectivity index (χ0) is 17.2. The van der Waals surface area contributed by atoms with Crippen molar-refractivity contribution >= 4 is 15.5 Å². The van der Waals surface area contributed by atoms with E-state index in [4.69, 9.17) is 4.74 Å². The van der Waals surface area contributed by atoms with Gasteiger partial charge in [0.1, 0.15) is 16.5 Å². The molecule has 1 atom stereocenters. The van der Waals surface area contributed by atoms with Crippen molar-refractivity contribution in [1.29, 1.82) is 0 Å². The second kappa shape index (κ2) is 6.58. The zero-order valence-corrected chi connectivity index (χ0v) is 14.4. The van der Waals surface area contributed by atoms with Gasteiger partial charge in [-0.1, -0.05) is 12.1 Å². The van der Waals surface area contributed by atoms with E-state index in [0.29, 0.717) is 17.0 Å². The summed E-state index contributed by atoms with van der Waals surface area (Å²) in [5, 5.41) is 3.19. The Kier molecular flexibility index (Phi) is 4.94. The van der Waals surface area contributed by atoms with Gasteiger partial charge < -0.3 is 10.1 Å². The largest absolute Gasteiger partial charge is 0.495 e. The van der Waals surface area contributed by atoms with Crippen molar-refractivity contribution in [2.45, 2.75) is 24.8 Å². The number of ether oxygens (including phenoxy) is 1. The lowest BCUT2D eigenvalue weighted by atomic mass is 10.1. The molecule has 0 spiro atoms. The first-order valence-corrected chi connectivity index (χ1v) is 9.02.